The molecule has 78 valence electrons. The van der Waals surface area contributed by atoms with Gasteiger partial charge >= 0.3 is 6.09 Å². The third-order valence-corrected chi connectivity index (χ3v) is 2.24. The van der Waals surface area contributed by atoms with Crippen LogP contribution in [0, 0.1) is 0 Å². The molecule has 0 saturated heterocycles. The summed E-state index contributed by atoms with van der Waals surface area (Å²) in [7, 11) is 1.39. The van der Waals surface area contributed by atoms with Gasteiger partial charge < -0.3 is 10.1 Å². The van der Waals surface area contributed by atoms with Crippen LogP contribution in [0.2, 0.25) is 5.02 Å². The molecule has 0 aliphatic rings. The predicted molar refractivity (Wildman–Crippen MR) is 55.3 cm³/mol. The van der Waals surface area contributed by atoms with E-state index >= 15 is 0 Å². The minimum atomic E-state index is -1.10. The van der Waals surface area contributed by atoms with Crippen molar-refractivity contribution in [2.24, 2.45) is 0 Å². The van der Waals surface area contributed by atoms with E-state index in [4.69, 9.17) is 16.7 Å². The van der Waals surface area contributed by atoms with Crippen molar-refractivity contribution in [2.75, 3.05) is 11.9 Å². The average molecular weight is 227 g/mol. The Balaban J connectivity index is 2.54. The third-order valence-electron chi connectivity index (χ3n) is 1.95. The van der Waals surface area contributed by atoms with Gasteiger partial charge in [0.1, 0.15) is 5.52 Å². The van der Waals surface area contributed by atoms with Crippen LogP contribution in [0.25, 0.3) is 11.2 Å². The highest BCUT2D eigenvalue weighted by Gasteiger charge is 2.12. The van der Waals surface area contributed by atoms with Crippen LogP contribution in [0.4, 0.5) is 10.6 Å². The highest BCUT2D eigenvalue weighted by molar-refractivity contribution is 6.34. The molecule has 7 heteroatoms. The summed E-state index contributed by atoms with van der Waals surface area (Å²) < 4.78 is 0. The maximum Gasteiger partial charge on any atom is 0.412 e. The van der Waals surface area contributed by atoms with Crippen molar-refractivity contribution in [3.05, 3.63) is 17.4 Å². The van der Waals surface area contributed by atoms with Crippen LogP contribution in [-0.2, 0) is 0 Å². The summed E-state index contributed by atoms with van der Waals surface area (Å²) in [4.78, 5) is 22.5. The molecule has 2 aromatic rings. The molecule has 0 aliphatic heterocycles. The molecule has 2 heterocycles. The van der Waals surface area contributed by atoms with Gasteiger partial charge in [-0.05, 0) is 0 Å². The van der Waals surface area contributed by atoms with Crippen molar-refractivity contribution in [1.29, 1.82) is 0 Å². The first-order valence-corrected chi connectivity index (χ1v) is 4.43. The first-order chi connectivity index (χ1) is 7.09. The van der Waals surface area contributed by atoms with E-state index in [1.54, 1.807) is 6.20 Å². The molecule has 2 N–H and O–H groups in total. The van der Waals surface area contributed by atoms with Gasteiger partial charge in [0.15, 0.2) is 11.5 Å². The Bertz CT molecular complexity index is 524. The van der Waals surface area contributed by atoms with E-state index in [1.165, 1.54) is 13.2 Å². The van der Waals surface area contributed by atoms with Crippen LogP contribution in [0.15, 0.2) is 12.4 Å². The lowest BCUT2D eigenvalue weighted by Crippen LogP contribution is -2.24. The Morgan fingerprint density at radius 1 is 1.67 bits per heavy atom. The summed E-state index contributed by atoms with van der Waals surface area (Å²) in [6.45, 7) is 0. The van der Waals surface area contributed by atoms with Crippen molar-refractivity contribution in [3.8, 4) is 0 Å². The first-order valence-electron chi connectivity index (χ1n) is 4.06. The molecule has 2 aromatic heterocycles. The number of aromatic amines is 1. The summed E-state index contributed by atoms with van der Waals surface area (Å²) in [5.41, 5.74) is 0.991. The average Bonchev–Trinajstić information content (AvgIpc) is 2.59. The number of nitrogens with zero attached hydrogens (tertiary/aromatic N) is 3. The number of aromatic nitrogens is 3. The maximum atomic E-state index is 10.7. The van der Waals surface area contributed by atoms with Crippen LogP contribution in [0.3, 0.4) is 0 Å². The molecule has 0 radical (unpaired) electrons. The van der Waals surface area contributed by atoms with Crippen LogP contribution >= 0.6 is 11.6 Å². The summed E-state index contributed by atoms with van der Waals surface area (Å²) in [5, 5.41) is 9.16. The molecular weight excluding hydrogens is 220 g/mol. The molecule has 1 amide bonds. The van der Waals surface area contributed by atoms with Crippen LogP contribution in [0.1, 0.15) is 0 Å². The van der Waals surface area contributed by atoms with Crippen molar-refractivity contribution in [3.63, 3.8) is 0 Å². The molecule has 0 aromatic carbocycles. The molecule has 0 bridgehead atoms. The van der Waals surface area contributed by atoms with E-state index in [2.05, 4.69) is 15.0 Å². The maximum absolute atomic E-state index is 10.7. The van der Waals surface area contributed by atoms with Gasteiger partial charge in [0, 0.05) is 13.2 Å². The van der Waals surface area contributed by atoms with E-state index < -0.39 is 6.09 Å². The quantitative estimate of drug-likeness (QED) is 0.776. The van der Waals surface area contributed by atoms with Crippen LogP contribution < -0.4 is 4.90 Å². The molecule has 2 rings (SSSR count). The van der Waals surface area contributed by atoms with Crippen molar-refractivity contribution >= 4 is 34.7 Å². The topological polar surface area (TPSA) is 82.1 Å². The highest BCUT2D eigenvalue weighted by atomic mass is 35.5. The number of nitrogens with one attached hydrogen (secondary N) is 1. The van der Waals surface area contributed by atoms with Gasteiger partial charge in [0.2, 0.25) is 0 Å². The lowest BCUT2D eigenvalue weighted by molar-refractivity contribution is 0.203. The number of fused-ring (bicyclic) bond motifs is 1. The fraction of sp³-hybridized carbons (Fsp3) is 0.125. The zero-order valence-electron chi connectivity index (χ0n) is 7.73. The molecule has 0 unspecified atom stereocenters. The second-order valence-electron chi connectivity index (χ2n) is 2.90. The normalized spacial score (nSPS) is 10.5. The zero-order valence-corrected chi connectivity index (χ0v) is 8.49. The second kappa shape index (κ2) is 3.39. The molecular formula is C8H7ClN4O2. The van der Waals surface area contributed by atoms with Crippen molar-refractivity contribution in [2.45, 2.75) is 0 Å². The number of amides is 1. The van der Waals surface area contributed by atoms with E-state index in [1.807, 2.05) is 0 Å². The fourth-order valence-corrected chi connectivity index (χ4v) is 1.30. The summed E-state index contributed by atoms with van der Waals surface area (Å²) >= 11 is 5.83. The minimum Gasteiger partial charge on any atom is -0.465 e. The van der Waals surface area contributed by atoms with Crippen molar-refractivity contribution < 1.29 is 9.90 Å². The van der Waals surface area contributed by atoms with E-state index in [-0.39, 0.29) is 5.82 Å². The third kappa shape index (κ3) is 1.59. The number of halogens is 1. The van der Waals surface area contributed by atoms with Gasteiger partial charge in [-0.1, -0.05) is 11.6 Å². The van der Waals surface area contributed by atoms with Crippen LogP contribution in [-0.4, -0.2) is 33.2 Å². The predicted octanol–water partition coefficient (Wildman–Crippen LogP) is 1.73. The van der Waals surface area contributed by atoms with Gasteiger partial charge in [-0.25, -0.2) is 14.8 Å². The number of anilines is 1. The first kappa shape index (κ1) is 9.72. The molecule has 0 fully saturated rings. The largest absolute Gasteiger partial charge is 0.465 e. The minimum absolute atomic E-state index is 0.233. The summed E-state index contributed by atoms with van der Waals surface area (Å²) in [5.74, 6) is 0.233. The van der Waals surface area contributed by atoms with E-state index in [0.717, 1.165) is 4.90 Å². The van der Waals surface area contributed by atoms with Gasteiger partial charge in [-0.2, -0.15) is 0 Å². The number of hydrogen-bond donors (Lipinski definition) is 2. The van der Waals surface area contributed by atoms with Gasteiger partial charge in [0.05, 0.1) is 11.2 Å². The number of carboxylic acid groups (broad SMARTS) is 1. The van der Waals surface area contributed by atoms with Gasteiger partial charge in [0.25, 0.3) is 0 Å². The van der Waals surface area contributed by atoms with E-state index in [0.29, 0.717) is 16.2 Å². The smallest absolute Gasteiger partial charge is 0.412 e. The summed E-state index contributed by atoms with van der Waals surface area (Å²) in [6, 6.07) is 0. The lowest BCUT2D eigenvalue weighted by Gasteiger charge is -2.10. The monoisotopic (exact) mass is 226 g/mol. The Kier molecular flexibility index (Phi) is 2.20. The number of H-pyrrole nitrogens is 1. The summed E-state index contributed by atoms with van der Waals surface area (Å²) in [6.07, 6.45) is 1.82. The molecule has 15 heavy (non-hydrogen) atoms. The number of carbonyl (C=O) groups is 1. The van der Waals surface area contributed by atoms with E-state index in [9.17, 15) is 4.79 Å². The molecule has 0 saturated carbocycles. The Morgan fingerprint density at radius 2 is 2.40 bits per heavy atom. The van der Waals surface area contributed by atoms with Gasteiger partial charge in [-0.15, -0.1) is 0 Å². The fourth-order valence-electron chi connectivity index (χ4n) is 1.11. The molecule has 6 nitrogen and oxygen atoms in total. The van der Waals surface area contributed by atoms with Crippen molar-refractivity contribution in [1.82, 2.24) is 15.0 Å². The highest BCUT2D eigenvalue weighted by Crippen LogP contribution is 2.21. The Morgan fingerprint density at radius 3 is 3.07 bits per heavy atom. The number of rotatable bonds is 1. The Hall–Kier alpha value is -1.82. The Labute approximate surface area is 89.5 Å². The second-order valence-corrected chi connectivity index (χ2v) is 3.31. The van der Waals surface area contributed by atoms with Crippen LogP contribution in [0.5, 0.6) is 0 Å². The molecule has 0 aliphatic carbocycles. The zero-order chi connectivity index (χ0) is 11.0. The van der Waals surface area contributed by atoms with Gasteiger partial charge in [-0.3, -0.25) is 4.90 Å². The standard InChI is InChI=1S/C8H7ClN4O2/c1-13(8(14)15)5-3-11-7-6(12-5)4(9)2-10-7/h2-3H,1H3,(H,10,11)(H,14,15). The molecule has 0 spiro atoms. The SMILES string of the molecule is CN(C(=O)O)c1cnc2[nH]cc(Cl)c2n1. The lowest BCUT2D eigenvalue weighted by atomic mass is 10.5. The number of hydrogen-bond acceptors (Lipinski definition) is 3. The molecule has 0 atom stereocenters.